The van der Waals surface area contributed by atoms with Crippen LogP contribution in [-0.2, 0) is 17.8 Å². The number of aromatic nitrogens is 1. The number of hydrogen-bond donors (Lipinski definition) is 0. The van der Waals surface area contributed by atoms with Gasteiger partial charge in [-0.1, -0.05) is 6.07 Å². The first-order valence-corrected chi connectivity index (χ1v) is 7.37. The first-order chi connectivity index (χ1) is 10.7. The van der Waals surface area contributed by atoms with Gasteiger partial charge in [0.2, 0.25) is 0 Å². The Hall–Kier alpha value is -2.56. The molecule has 0 fully saturated rings. The van der Waals surface area contributed by atoms with E-state index in [1.165, 1.54) is 4.90 Å². The van der Waals surface area contributed by atoms with E-state index in [0.29, 0.717) is 6.61 Å². The van der Waals surface area contributed by atoms with Crippen LogP contribution >= 0.6 is 0 Å². The lowest BCUT2D eigenvalue weighted by Crippen LogP contribution is -2.31. The summed E-state index contributed by atoms with van der Waals surface area (Å²) in [7, 11) is 1.72. The Balaban J connectivity index is 1.80. The van der Waals surface area contributed by atoms with Crippen molar-refractivity contribution in [2.45, 2.75) is 19.4 Å². The summed E-state index contributed by atoms with van der Waals surface area (Å²) in [6.07, 6.45) is 5.43. The molecule has 0 N–H and O–H groups in total. The molecule has 0 spiro atoms. The van der Waals surface area contributed by atoms with Crippen LogP contribution in [0.3, 0.4) is 0 Å². The maximum Gasteiger partial charge on any atom is 0.414 e. The molecular formula is C17H16N2O3. The van der Waals surface area contributed by atoms with Crippen molar-refractivity contribution in [3.63, 3.8) is 0 Å². The van der Waals surface area contributed by atoms with Gasteiger partial charge in [0, 0.05) is 36.1 Å². The third-order valence-corrected chi connectivity index (χ3v) is 4.18. The van der Waals surface area contributed by atoms with Crippen molar-refractivity contribution in [2.75, 3.05) is 18.6 Å². The van der Waals surface area contributed by atoms with Gasteiger partial charge in [0.1, 0.15) is 12.4 Å². The summed E-state index contributed by atoms with van der Waals surface area (Å²) >= 11 is 0. The van der Waals surface area contributed by atoms with Gasteiger partial charge in [0.25, 0.3) is 0 Å². The minimum atomic E-state index is -0.317. The normalized spacial score (nSPS) is 16.4. The maximum absolute atomic E-state index is 11.6. The quantitative estimate of drug-likeness (QED) is 0.811. The molecule has 0 bridgehead atoms. The third kappa shape index (κ3) is 2.01. The Morgan fingerprint density at radius 2 is 2.09 bits per heavy atom. The number of carbonyl (C=O) groups excluding carboxylic acids is 1. The molecule has 22 heavy (non-hydrogen) atoms. The third-order valence-electron chi connectivity index (χ3n) is 4.18. The van der Waals surface area contributed by atoms with E-state index < -0.39 is 0 Å². The van der Waals surface area contributed by atoms with Crippen LogP contribution in [0, 0.1) is 0 Å². The Kier molecular flexibility index (Phi) is 2.99. The maximum atomic E-state index is 11.6. The van der Waals surface area contributed by atoms with Gasteiger partial charge in [-0.2, -0.15) is 0 Å². The van der Waals surface area contributed by atoms with Crippen molar-refractivity contribution < 1.29 is 14.3 Å². The highest BCUT2D eigenvalue weighted by Gasteiger charge is 2.23. The van der Waals surface area contributed by atoms with E-state index in [1.54, 1.807) is 7.05 Å². The highest BCUT2D eigenvalue weighted by Crippen LogP contribution is 2.37. The van der Waals surface area contributed by atoms with Crippen LogP contribution in [0.25, 0.3) is 11.1 Å². The smallest absolute Gasteiger partial charge is 0.414 e. The molecule has 0 unspecified atom stereocenters. The topological polar surface area (TPSA) is 51.7 Å². The lowest BCUT2D eigenvalue weighted by Gasteiger charge is -2.26. The van der Waals surface area contributed by atoms with E-state index in [0.717, 1.165) is 53.1 Å². The molecule has 5 nitrogen and oxygen atoms in total. The molecule has 0 saturated carbocycles. The molecule has 0 atom stereocenters. The molecule has 0 radical (unpaired) electrons. The Bertz CT molecular complexity index is 758. The Morgan fingerprint density at radius 1 is 1.18 bits per heavy atom. The Labute approximate surface area is 128 Å². The largest absolute Gasteiger partial charge is 0.493 e. The van der Waals surface area contributed by atoms with Crippen LogP contribution < -0.4 is 9.64 Å². The van der Waals surface area contributed by atoms with Gasteiger partial charge in [-0.3, -0.25) is 9.88 Å². The lowest BCUT2D eigenvalue weighted by atomic mass is 9.98. The van der Waals surface area contributed by atoms with E-state index in [4.69, 9.17) is 9.47 Å². The van der Waals surface area contributed by atoms with Gasteiger partial charge in [0.15, 0.2) is 0 Å². The molecule has 0 saturated heterocycles. The molecule has 2 aromatic rings. The summed E-state index contributed by atoms with van der Waals surface area (Å²) in [5.41, 5.74) is 5.08. The van der Waals surface area contributed by atoms with E-state index in [9.17, 15) is 4.79 Å². The predicted molar refractivity (Wildman–Crippen MR) is 82.1 cm³/mol. The molecular weight excluding hydrogens is 280 g/mol. The molecule has 3 heterocycles. The fourth-order valence-corrected chi connectivity index (χ4v) is 3.01. The first kappa shape index (κ1) is 13.1. The molecule has 112 valence electrons. The van der Waals surface area contributed by atoms with Crippen molar-refractivity contribution >= 4 is 11.8 Å². The molecule has 1 amide bonds. The van der Waals surface area contributed by atoms with Gasteiger partial charge in [-0.05, 0) is 30.5 Å². The molecule has 5 heteroatoms. The minimum absolute atomic E-state index is 0.301. The standard InChI is InChI=1S/C17H16N2O3/c1-19-15-5-4-11(7-13(15)10-22-17(19)20)14-9-18-8-12-3-2-6-21-16(12)14/h4-5,7-9H,2-3,6,10H2,1H3. The van der Waals surface area contributed by atoms with Crippen molar-refractivity contribution in [3.05, 3.63) is 41.7 Å². The average molecular weight is 296 g/mol. The number of anilines is 1. The zero-order valence-electron chi connectivity index (χ0n) is 12.3. The van der Waals surface area contributed by atoms with Crippen molar-refractivity contribution in [1.29, 1.82) is 0 Å². The Morgan fingerprint density at radius 3 is 3.00 bits per heavy atom. The molecule has 1 aromatic carbocycles. The molecule has 1 aromatic heterocycles. The summed E-state index contributed by atoms with van der Waals surface area (Å²) in [6, 6.07) is 6.00. The van der Waals surface area contributed by atoms with E-state index in [1.807, 2.05) is 30.6 Å². The molecule has 4 rings (SSSR count). The van der Waals surface area contributed by atoms with Gasteiger partial charge in [-0.25, -0.2) is 4.79 Å². The zero-order chi connectivity index (χ0) is 15.1. The second-order valence-corrected chi connectivity index (χ2v) is 5.58. The zero-order valence-corrected chi connectivity index (χ0v) is 12.3. The first-order valence-electron chi connectivity index (χ1n) is 7.37. The number of benzene rings is 1. The molecule has 2 aliphatic heterocycles. The van der Waals surface area contributed by atoms with Gasteiger partial charge >= 0.3 is 6.09 Å². The number of aryl methyl sites for hydroxylation is 1. The number of hydrogen-bond acceptors (Lipinski definition) is 4. The summed E-state index contributed by atoms with van der Waals surface area (Å²) in [6.45, 7) is 1.05. The van der Waals surface area contributed by atoms with Crippen molar-refractivity contribution in [2.24, 2.45) is 0 Å². The monoisotopic (exact) mass is 296 g/mol. The second-order valence-electron chi connectivity index (χ2n) is 5.58. The number of cyclic esters (lactones) is 1. The van der Waals surface area contributed by atoms with Crippen LogP contribution in [0.5, 0.6) is 5.75 Å². The van der Waals surface area contributed by atoms with Crippen LogP contribution in [0.2, 0.25) is 0 Å². The van der Waals surface area contributed by atoms with Crippen LogP contribution in [0.1, 0.15) is 17.5 Å². The van der Waals surface area contributed by atoms with Gasteiger partial charge < -0.3 is 9.47 Å². The highest BCUT2D eigenvalue weighted by atomic mass is 16.6. The summed E-state index contributed by atoms with van der Waals surface area (Å²) in [5.74, 6) is 0.933. The fraction of sp³-hybridized carbons (Fsp3) is 0.294. The number of ether oxygens (including phenoxy) is 2. The summed E-state index contributed by atoms with van der Waals surface area (Å²) in [4.78, 5) is 17.4. The van der Waals surface area contributed by atoms with Gasteiger partial charge in [-0.15, -0.1) is 0 Å². The average Bonchev–Trinajstić information content (AvgIpc) is 2.57. The van der Waals surface area contributed by atoms with Crippen molar-refractivity contribution in [1.82, 2.24) is 4.98 Å². The SMILES string of the molecule is CN1C(=O)OCc2cc(-c3cncc4c3OCCC4)ccc21. The summed E-state index contributed by atoms with van der Waals surface area (Å²) in [5, 5.41) is 0. The number of nitrogens with zero attached hydrogens (tertiary/aromatic N) is 2. The molecule has 0 aliphatic carbocycles. The highest BCUT2D eigenvalue weighted by molar-refractivity contribution is 5.90. The van der Waals surface area contributed by atoms with Crippen LogP contribution in [0.15, 0.2) is 30.6 Å². The number of pyridine rings is 1. The van der Waals surface area contributed by atoms with Crippen LogP contribution in [-0.4, -0.2) is 24.7 Å². The second kappa shape index (κ2) is 5.02. The number of amides is 1. The minimum Gasteiger partial charge on any atom is -0.493 e. The summed E-state index contributed by atoms with van der Waals surface area (Å²) < 4.78 is 11.0. The van der Waals surface area contributed by atoms with E-state index in [-0.39, 0.29) is 6.09 Å². The molecule has 2 aliphatic rings. The number of rotatable bonds is 1. The predicted octanol–water partition coefficient (Wildman–Crippen LogP) is 3.16. The van der Waals surface area contributed by atoms with E-state index in [2.05, 4.69) is 4.98 Å². The number of carbonyl (C=O) groups is 1. The lowest BCUT2D eigenvalue weighted by molar-refractivity contribution is 0.143. The van der Waals surface area contributed by atoms with Gasteiger partial charge in [0.05, 0.1) is 12.3 Å². The number of fused-ring (bicyclic) bond motifs is 2. The fourth-order valence-electron chi connectivity index (χ4n) is 3.01. The van der Waals surface area contributed by atoms with E-state index >= 15 is 0 Å². The van der Waals surface area contributed by atoms with Crippen molar-refractivity contribution in [3.8, 4) is 16.9 Å². The van der Waals surface area contributed by atoms with Crippen LogP contribution in [0.4, 0.5) is 10.5 Å².